The number of nitriles is 1. The first-order valence-corrected chi connectivity index (χ1v) is 5.36. The Morgan fingerprint density at radius 2 is 1.94 bits per heavy atom. The van der Waals surface area contributed by atoms with Gasteiger partial charge in [0.2, 0.25) is 0 Å². The van der Waals surface area contributed by atoms with E-state index in [1.807, 2.05) is 0 Å². The van der Waals surface area contributed by atoms with Gasteiger partial charge in [-0.1, -0.05) is 23.2 Å². The minimum atomic E-state index is 0.290. The molecule has 4 heteroatoms. The van der Waals surface area contributed by atoms with E-state index in [1.165, 1.54) is 0 Å². The van der Waals surface area contributed by atoms with Crippen LogP contribution in [0.4, 0.5) is 0 Å². The Morgan fingerprint density at radius 1 is 1.25 bits per heavy atom. The van der Waals surface area contributed by atoms with Gasteiger partial charge in [-0.2, -0.15) is 5.26 Å². The number of rotatable bonds is 2. The van der Waals surface area contributed by atoms with Gasteiger partial charge < -0.3 is 4.42 Å². The van der Waals surface area contributed by atoms with Crippen molar-refractivity contribution in [3.8, 4) is 17.4 Å². The van der Waals surface area contributed by atoms with Crippen LogP contribution in [0.3, 0.4) is 0 Å². The van der Waals surface area contributed by atoms with Crippen LogP contribution in [0.15, 0.2) is 34.9 Å². The molecule has 1 aromatic carbocycles. The summed E-state index contributed by atoms with van der Waals surface area (Å²) in [5.41, 5.74) is 1.46. The number of benzene rings is 1. The maximum atomic E-state index is 8.60. The molecule has 0 saturated carbocycles. The molecule has 1 aromatic heterocycles. The van der Waals surface area contributed by atoms with Gasteiger partial charge in [-0.15, -0.1) is 0 Å². The van der Waals surface area contributed by atoms with E-state index in [4.69, 9.17) is 32.9 Å². The van der Waals surface area contributed by atoms with E-state index < -0.39 is 0 Å². The first-order chi connectivity index (χ1) is 7.72. The van der Waals surface area contributed by atoms with Gasteiger partial charge >= 0.3 is 0 Å². The lowest BCUT2D eigenvalue weighted by molar-refractivity contribution is 0.582. The van der Waals surface area contributed by atoms with E-state index in [1.54, 1.807) is 30.5 Å². The predicted octanol–water partition coefficient (Wildman–Crippen LogP) is 4.32. The highest BCUT2D eigenvalue weighted by atomic mass is 35.5. The fraction of sp³-hybridized carbons (Fsp3) is 0.0833. The van der Waals surface area contributed by atoms with E-state index in [2.05, 4.69) is 6.07 Å². The van der Waals surface area contributed by atoms with Gasteiger partial charge in [-0.3, -0.25) is 0 Å². The molecule has 80 valence electrons. The van der Waals surface area contributed by atoms with Crippen LogP contribution in [0, 0.1) is 11.3 Å². The highest BCUT2D eigenvalue weighted by molar-refractivity contribution is 6.39. The molecule has 0 saturated heterocycles. The summed E-state index contributed by atoms with van der Waals surface area (Å²) in [6, 6.07) is 9.07. The van der Waals surface area contributed by atoms with Gasteiger partial charge in [0, 0.05) is 0 Å². The van der Waals surface area contributed by atoms with Crippen molar-refractivity contribution >= 4 is 23.2 Å². The SMILES string of the molecule is N#CCc1cc(Cl)c(-c2ccco2)c(Cl)c1. The second-order valence-electron chi connectivity index (χ2n) is 3.25. The molecule has 0 unspecified atom stereocenters. The molecule has 0 aliphatic heterocycles. The van der Waals surface area contributed by atoms with E-state index in [-0.39, 0.29) is 6.42 Å². The van der Waals surface area contributed by atoms with Crippen molar-refractivity contribution in [2.45, 2.75) is 6.42 Å². The van der Waals surface area contributed by atoms with Gasteiger partial charge in [0.25, 0.3) is 0 Å². The van der Waals surface area contributed by atoms with Crippen LogP contribution < -0.4 is 0 Å². The van der Waals surface area contributed by atoms with Gasteiger partial charge in [-0.05, 0) is 29.8 Å². The number of hydrogen-bond donors (Lipinski definition) is 0. The number of hydrogen-bond acceptors (Lipinski definition) is 2. The second-order valence-corrected chi connectivity index (χ2v) is 4.06. The lowest BCUT2D eigenvalue weighted by atomic mass is 10.1. The first-order valence-electron chi connectivity index (χ1n) is 4.61. The minimum Gasteiger partial charge on any atom is -0.464 e. The Kier molecular flexibility index (Phi) is 3.19. The zero-order valence-corrected chi connectivity index (χ0v) is 9.72. The molecule has 0 atom stereocenters. The van der Waals surface area contributed by atoms with Gasteiger partial charge in [0.05, 0.1) is 34.4 Å². The fourth-order valence-corrected chi connectivity index (χ4v) is 2.19. The summed E-state index contributed by atoms with van der Waals surface area (Å²) >= 11 is 12.2. The van der Waals surface area contributed by atoms with Crippen molar-refractivity contribution < 1.29 is 4.42 Å². The topological polar surface area (TPSA) is 36.9 Å². The summed E-state index contributed by atoms with van der Waals surface area (Å²) in [7, 11) is 0. The Labute approximate surface area is 103 Å². The quantitative estimate of drug-likeness (QED) is 0.797. The number of halogens is 2. The first kappa shape index (κ1) is 11.1. The standard InChI is InChI=1S/C12H7Cl2NO/c13-9-6-8(3-4-15)7-10(14)12(9)11-2-1-5-16-11/h1-2,5-7H,3H2. The summed E-state index contributed by atoms with van der Waals surface area (Å²) < 4.78 is 5.25. The summed E-state index contributed by atoms with van der Waals surface area (Å²) in [4.78, 5) is 0. The normalized spacial score (nSPS) is 10.1. The lowest BCUT2D eigenvalue weighted by Gasteiger charge is -2.06. The van der Waals surface area contributed by atoms with Crippen LogP contribution >= 0.6 is 23.2 Å². The molecule has 2 rings (SSSR count). The number of furan rings is 1. The molecule has 0 spiro atoms. The van der Waals surface area contributed by atoms with Gasteiger partial charge in [0.1, 0.15) is 5.76 Å². The molecule has 0 bridgehead atoms. The zero-order chi connectivity index (χ0) is 11.5. The average molecular weight is 252 g/mol. The lowest BCUT2D eigenvalue weighted by Crippen LogP contribution is -1.86. The van der Waals surface area contributed by atoms with Crippen LogP contribution in [0.1, 0.15) is 5.56 Å². The molecule has 2 aromatic rings. The largest absolute Gasteiger partial charge is 0.464 e. The molecule has 0 aliphatic carbocycles. The van der Waals surface area contributed by atoms with Crippen LogP contribution in [-0.4, -0.2) is 0 Å². The van der Waals surface area contributed by atoms with Crippen LogP contribution in [0.5, 0.6) is 0 Å². The summed E-state index contributed by atoms with van der Waals surface area (Å²) in [6.07, 6.45) is 1.85. The Morgan fingerprint density at radius 3 is 2.44 bits per heavy atom. The summed E-state index contributed by atoms with van der Waals surface area (Å²) in [6.45, 7) is 0. The van der Waals surface area contributed by atoms with E-state index in [0.717, 1.165) is 5.56 Å². The summed E-state index contributed by atoms with van der Waals surface area (Å²) in [5.74, 6) is 0.624. The highest BCUT2D eigenvalue weighted by Gasteiger charge is 2.12. The number of nitrogens with zero attached hydrogens (tertiary/aromatic N) is 1. The van der Waals surface area contributed by atoms with E-state index >= 15 is 0 Å². The third-order valence-corrected chi connectivity index (χ3v) is 2.75. The molecule has 0 aliphatic rings. The Hall–Kier alpha value is -1.43. The molecule has 0 fully saturated rings. The van der Waals surface area contributed by atoms with Crippen molar-refractivity contribution in [3.05, 3.63) is 46.1 Å². The molecule has 0 N–H and O–H groups in total. The van der Waals surface area contributed by atoms with Crippen molar-refractivity contribution in [3.63, 3.8) is 0 Å². The van der Waals surface area contributed by atoms with Crippen LogP contribution in [-0.2, 0) is 6.42 Å². The van der Waals surface area contributed by atoms with Gasteiger partial charge in [0.15, 0.2) is 0 Å². The molecular weight excluding hydrogens is 245 g/mol. The Balaban J connectivity index is 2.53. The van der Waals surface area contributed by atoms with Crippen molar-refractivity contribution in [1.29, 1.82) is 5.26 Å². The van der Waals surface area contributed by atoms with E-state index in [0.29, 0.717) is 21.4 Å². The minimum absolute atomic E-state index is 0.290. The zero-order valence-electron chi connectivity index (χ0n) is 8.21. The van der Waals surface area contributed by atoms with Crippen LogP contribution in [0.25, 0.3) is 11.3 Å². The van der Waals surface area contributed by atoms with Crippen molar-refractivity contribution in [1.82, 2.24) is 0 Å². The molecule has 0 amide bonds. The van der Waals surface area contributed by atoms with Crippen molar-refractivity contribution in [2.24, 2.45) is 0 Å². The third-order valence-electron chi connectivity index (χ3n) is 2.15. The smallest absolute Gasteiger partial charge is 0.136 e. The molecular formula is C12H7Cl2NO. The van der Waals surface area contributed by atoms with Gasteiger partial charge in [-0.25, -0.2) is 0 Å². The molecule has 0 radical (unpaired) electrons. The summed E-state index contributed by atoms with van der Waals surface area (Å²) in [5, 5.41) is 9.59. The van der Waals surface area contributed by atoms with Crippen molar-refractivity contribution in [2.75, 3.05) is 0 Å². The van der Waals surface area contributed by atoms with E-state index in [9.17, 15) is 0 Å². The Bertz CT molecular complexity index is 518. The maximum Gasteiger partial charge on any atom is 0.136 e. The van der Waals surface area contributed by atoms with Crippen LogP contribution in [0.2, 0.25) is 10.0 Å². The molecule has 2 nitrogen and oxygen atoms in total. The predicted molar refractivity (Wildman–Crippen MR) is 63.5 cm³/mol. The third kappa shape index (κ3) is 2.06. The molecule has 1 heterocycles. The fourth-order valence-electron chi connectivity index (χ4n) is 1.48. The monoisotopic (exact) mass is 251 g/mol. The second kappa shape index (κ2) is 4.61. The molecule has 16 heavy (non-hydrogen) atoms. The highest BCUT2D eigenvalue weighted by Crippen LogP contribution is 2.36. The maximum absolute atomic E-state index is 8.60. The average Bonchev–Trinajstić information content (AvgIpc) is 2.70.